The molecule has 1 fully saturated rings. The fourth-order valence-electron chi connectivity index (χ4n) is 2.57. The first-order chi connectivity index (χ1) is 9.31. The normalized spacial score (nSPS) is 22.2. The van der Waals surface area contributed by atoms with Gasteiger partial charge in [0.1, 0.15) is 5.82 Å². The maximum absolute atomic E-state index is 13.6. The van der Waals surface area contributed by atoms with E-state index in [1.54, 1.807) is 12.1 Å². The van der Waals surface area contributed by atoms with E-state index in [-0.39, 0.29) is 5.82 Å². The van der Waals surface area contributed by atoms with Crippen LogP contribution in [-0.2, 0) is 4.74 Å². The molecule has 0 heterocycles. The Balaban J connectivity index is 1.58. The van der Waals surface area contributed by atoms with E-state index in [2.05, 4.69) is 12.2 Å². The lowest BCUT2D eigenvalue weighted by Crippen LogP contribution is -2.40. The van der Waals surface area contributed by atoms with E-state index in [0.29, 0.717) is 12.0 Å². The Morgan fingerprint density at radius 2 is 2.05 bits per heavy atom. The highest BCUT2D eigenvalue weighted by Gasteiger charge is 2.31. The Hall–Kier alpha value is -0.930. The highest BCUT2D eigenvalue weighted by Crippen LogP contribution is 2.37. The number of rotatable bonds is 8. The fourth-order valence-corrected chi connectivity index (χ4v) is 2.57. The third-order valence-electron chi connectivity index (χ3n) is 3.73. The summed E-state index contributed by atoms with van der Waals surface area (Å²) in [5.41, 5.74) is 0.881. The van der Waals surface area contributed by atoms with Crippen LogP contribution in [0.4, 0.5) is 4.39 Å². The summed E-state index contributed by atoms with van der Waals surface area (Å²) in [6, 6.07) is 7.69. The minimum absolute atomic E-state index is 0.0566. The standard InChI is InChI=1S/C16H24FNO/c1-2-9-19-10-5-8-18-14-11-13(12-14)15-6-3-4-7-16(15)17/h3-4,6-7,13-14,18H,2,5,8-12H2,1H3. The predicted octanol–water partition coefficient (Wildman–Crippen LogP) is 3.48. The molecule has 106 valence electrons. The van der Waals surface area contributed by atoms with Gasteiger partial charge < -0.3 is 10.1 Å². The molecule has 19 heavy (non-hydrogen) atoms. The molecule has 0 bridgehead atoms. The van der Waals surface area contributed by atoms with Crippen molar-refractivity contribution in [1.29, 1.82) is 0 Å². The van der Waals surface area contributed by atoms with Crippen molar-refractivity contribution in [3.05, 3.63) is 35.6 Å². The second-order valence-electron chi connectivity index (χ2n) is 5.31. The topological polar surface area (TPSA) is 21.3 Å². The summed E-state index contributed by atoms with van der Waals surface area (Å²) >= 11 is 0. The summed E-state index contributed by atoms with van der Waals surface area (Å²) in [5, 5.41) is 3.51. The van der Waals surface area contributed by atoms with Gasteiger partial charge in [0.15, 0.2) is 0 Å². The Labute approximate surface area is 115 Å². The van der Waals surface area contributed by atoms with Crippen LogP contribution in [0.15, 0.2) is 24.3 Å². The zero-order valence-corrected chi connectivity index (χ0v) is 11.7. The Morgan fingerprint density at radius 3 is 2.79 bits per heavy atom. The van der Waals surface area contributed by atoms with Crippen molar-refractivity contribution in [2.75, 3.05) is 19.8 Å². The van der Waals surface area contributed by atoms with Gasteiger partial charge in [-0.25, -0.2) is 4.39 Å². The lowest BCUT2D eigenvalue weighted by atomic mass is 9.75. The SMILES string of the molecule is CCCOCCCNC1CC(c2ccccc2F)C1. The third kappa shape index (κ3) is 4.29. The summed E-state index contributed by atoms with van der Waals surface area (Å²) in [7, 11) is 0. The van der Waals surface area contributed by atoms with Crippen LogP contribution < -0.4 is 5.32 Å². The first kappa shape index (κ1) is 14.5. The molecule has 0 spiro atoms. The van der Waals surface area contributed by atoms with Crippen molar-refractivity contribution in [3.63, 3.8) is 0 Å². The molecule has 1 N–H and O–H groups in total. The molecule has 3 heteroatoms. The van der Waals surface area contributed by atoms with Crippen LogP contribution >= 0.6 is 0 Å². The highest BCUT2D eigenvalue weighted by atomic mass is 19.1. The van der Waals surface area contributed by atoms with E-state index < -0.39 is 0 Å². The molecular formula is C16H24FNO. The minimum Gasteiger partial charge on any atom is -0.381 e. The molecule has 1 aromatic carbocycles. The zero-order chi connectivity index (χ0) is 13.5. The van der Waals surface area contributed by atoms with Crippen LogP contribution in [0.25, 0.3) is 0 Å². The summed E-state index contributed by atoms with van der Waals surface area (Å²) in [4.78, 5) is 0. The first-order valence-electron chi connectivity index (χ1n) is 7.36. The number of halogens is 1. The van der Waals surface area contributed by atoms with E-state index in [4.69, 9.17) is 4.74 Å². The van der Waals surface area contributed by atoms with Gasteiger partial charge >= 0.3 is 0 Å². The smallest absolute Gasteiger partial charge is 0.126 e. The molecular weight excluding hydrogens is 241 g/mol. The van der Waals surface area contributed by atoms with Crippen LogP contribution in [-0.4, -0.2) is 25.8 Å². The quantitative estimate of drug-likeness (QED) is 0.727. The van der Waals surface area contributed by atoms with E-state index in [0.717, 1.165) is 51.0 Å². The number of nitrogens with one attached hydrogen (secondary N) is 1. The van der Waals surface area contributed by atoms with Gasteiger partial charge in [-0.1, -0.05) is 25.1 Å². The predicted molar refractivity (Wildman–Crippen MR) is 75.9 cm³/mol. The van der Waals surface area contributed by atoms with Crippen molar-refractivity contribution < 1.29 is 9.13 Å². The maximum Gasteiger partial charge on any atom is 0.126 e. The van der Waals surface area contributed by atoms with Gasteiger partial charge in [0.05, 0.1) is 0 Å². The highest BCUT2D eigenvalue weighted by molar-refractivity contribution is 5.24. The van der Waals surface area contributed by atoms with Gasteiger partial charge in [-0.3, -0.25) is 0 Å². The van der Waals surface area contributed by atoms with Gasteiger partial charge in [-0.2, -0.15) is 0 Å². The molecule has 1 saturated carbocycles. The molecule has 0 amide bonds. The fraction of sp³-hybridized carbons (Fsp3) is 0.625. The Bertz CT molecular complexity index is 377. The van der Waals surface area contributed by atoms with Crippen LogP contribution in [0.3, 0.4) is 0 Å². The van der Waals surface area contributed by atoms with Crippen LogP contribution in [0.2, 0.25) is 0 Å². The van der Waals surface area contributed by atoms with Crippen LogP contribution in [0.5, 0.6) is 0 Å². The molecule has 0 atom stereocenters. The molecule has 0 aromatic heterocycles. The zero-order valence-electron chi connectivity index (χ0n) is 11.7. The number of hydrogen-bond acceptors (Lipinski definition) is 2. The molecule has 0 unspecified atom stereocenters. The molecule has 0 aliphatic heterocycles. The number of ether oxygens (including phenoxy) is 1. The monoisotopic (exact) mass is 265 g/mol. The Morgan fingerprint density at radius 1 is 1.26 bits per heavy atom. The maximum atomic E-state index is 13.6. The first-order valence-corrected chi connectivity index (χ1v) is 7.36. The van der Waals surface area contributed by atoms with Gasteiger partial charge in [0, 0.05) is 19.3 Å². The van der Waals surface area contributed by atoms with Gasteiger partial charge in [-0.15, -0.1) is 0 Å². The Kier molecular flexibility index (Phi) is 5.80. The van der Waals surface area contributed by atoms with Crippen molar-refractivity contribution in [3.8, 4) is 0 Å². The molecule has 2 nitrogen and oxygen atoms in total. The summed E-state index contributed by atoms with van der Waals surface area (Å²) < 4.78 is 19.0. The molecule has 1 aromatic rings. The van der Waals surface area contributed by atoms with Crippen molar-refractivity contribution >= 4 is 0 Å². The van der Waals surface area contributed by atoms with E-state index in [1.165, 1.54) is 0 Å². The molecule has 0 radical (unpaired) electrons. The van der Waals surface area contributed by atoms with Crippen molar-refractivity contribution in [1.82, 2.24) is 5.32 Å². The summed E-state index contributed by atoms with van der Waals surface area (Å²) in [6.45, 7) is 4.82. The lowest BCUT2D eigenvalue weighted by molar-refractivity contribution is 0.130. The van der Waals surface area contributed by atoms with E-state index >= 15 is 0 Å². The second kappa shape index (κ2) is 7.61. The third-order valence-corrected chi connectivity index (χ3v) is 3.73. The van der Waals surface area contributed by atoms with Gasteiger partial charge in [-0.05, 0) is 49.8 Å². The summed E-state index contributed by atoms with van der Waals surface area (Å²) in [6.07, 6.45) is 4.24. The van der Waals surface area contributed by atoms with Crippen LogP contribution in [0, 0.1) is 5.82 Å². The number of hydrogen-bond donors (Lipinski definition) is 1. The van der Waals surface area contributed by atoms with Crippen molar-refractivity contribution in [2.24, 2.45) is 0 Å². The second-order valence-corrected chi connectivity index (χ2v) is 5.31. The molecule has 0 saturated heterocycles. The molecule has 1 aliphatic rings. The van der Waals surface area contributed by atoms with Gasteiger partial charge in [0.25, 0.3) is 0 Å². The molecule has 1 aliphatic carbocycles. The minimum atomic E-state index is -0.0566. The number of benzene rings is 1. The van der Waals surface area contributed by atoms with Crippen molar-refractivity contribution in [2.45, 2.75) is 44.6 Å². The average Bonchev–Trinajstić information content (AvgIpc) is 2.37. The summed E-state index contributed by atoms with van der Waals surface area (Å²) in [5.74, 6) is 0.342. The molecule has 2 rings (SSSR count). The lowest BCUT2D eigenvalue weighted by Gasteiger charge is -2.36. The largest absolute Gasteiger partial charge is 0.381 e. The van der Waals surface area contributed by atoms with E-state index in [9.17, 15) is 4.39 Å². The van der Waals surface area contributed by atoms with Gasteiger partial charge in [0.2, 0.25) is 0 Å². The van der Waals surface area contributed by atoms with E-state index in [1.807, 2.05) is 12.1 Å². The van der Waals surface area contributed by atoms with Crippen LogP contribution in [0.1, 0.15) is 44.1 Å². The average molecular weight is 265 g/mol.